The molecular weight excluding hydrogens is 190 g/mol. The number of hydrogen-bond donors (Lipinski definition) is 3. The first-order chi connectivity index (χ1) is 7.15. The molecule has 0 aliphatic heterocycles. The first kappa shape index (κ1) is 12.9. The van der Waals surface area contributed by atoms with Gasteiger partial charge in [0.05, 0.1) is 6.61 Å². The molecule has 0 heterocycles. The van der Waals surface area contributed by atoms with Crippen LogP contribution < -0.4 is 5.32 Å². The zero-order valence-electron chi connectivity index (χ0n) is 9.95. The van der Waals surface area contributed by atoms with E-state index in [9.17, 15) is 10.2 Å². The SMILES string of the molecule is CC(C)[C@@H](CO)NC(O)C1CCCCC1. The monoisotopic (exact) mass is 215 g/mol. The fraction of sp³-hybridized carbons (Fsp3) is 1.00. The van der Waals surface area contributed by atoms with Gasteiger partial charge in [0.2, 0.25) is 0 Å². The van der Waals surface area contributed by atoms with E-state index in [2.05, 4.69) is 19.2 Å². The second kappa shape index (κ2) is 6.46. The Morgan fingerprint density at radius 1 is 1.20 bits per heavy atom. The summed E-state index contributed by atoms with van der Waals surface area (Å²) in [5, 5.41) is 22.3. The van der Waals surface area contributed by atoms with E-state index in [-0.39, 0.29) is 12.6 Å². The molecule has 1 unspecified atom stereocenters. The average Bonchev–Trinajstić information content (AvgIpc) is 2.26. The summed E-state index contributed by atoms with van der Waals surface area (Å²) in [5.74, 6) is 0.736. The standard InChI is InChI=1S/C12H25NO2/c1-9(2)11(8-14)13-12(15)10-6-4-3-5-7-10/h9-15H,3-8H2,1-2H3/t11-,12?/m1/s1. The van der Waals surface area contributed by atoms with Crippen molar-refractivity contribution < 1.29 is 10.2 Å². The van der Waals surface area contributed by atoms with Crippen LogP contribution in [0.2, 0.25) is 0 Å². The lowest BCUT2D eigenvalue weighted by molar-refractivity contribution is 0.0288. The molecule has 1 rings (SSSR count). The number of nitrogens with one attached hydrogen (secondary N) is 1. The lowest BCUT2D eigenvalue weighted by Crippen LogP contribution is -2.47. The van der Waals surface area contributed by atoms with Gasteiger partial charge in [0.1, 0.15) is 6.23 Å². The maximum absolute atomic E-state index is 10.0. The Morgan fingerprint density at radius 3 is 2.27 bits per heavy atom. The average molecular weight is 215 g/mol. The van der Waals surface area contributed by atoms with Crippen LogP contribution in [-0.2, 0) is 0 Å². The molecule has 0 radical (unpaired) electrons. The van der Waals surface area contributed by atoms with E-state index >= 15 is 0 Å². The van der Waals surface area contributed by atoms with E-state index in [0.29, 0.717) is 11.8 Å². The quantitative estimate of drug-likeness (QED) is 0.609. The second-order valence-electron chi connectivity index (χ2n) is 5.04. The Hall–Kier alpha value is -0.120. The van der Waals surface area contributed by atoms with E-state index in [1.165, 1.54) is 19.3 Å². The van der Waals surface area contributed by atoms with Gasteiger partial charge in [0.15, 0.2) is 0 Å². The Morgan fingerprint density at radius 2 is 1.80 bits per heavy atom. The lowest BCUT2D eigenvalue weighted by atomic mass is 9.87. The molecule has 0 aromatic rings. The molecule has 1 fully saturated rings. The molecule has 3 N–H and O–H groups in total. The van der Waals surface area contributed by atoms with Crippen LogP contribution >= 0.6 is 0 Å². The molecule has 0 bridgehead atoms. The third-order valence-electron chi connectivity index (χ3n) is 3.48. The molecule has 0 aromatic heterocycles. The van der Waals surface area contributed by atoms with Crippen LogP contribution in [0.25, 0.3) is 0 Å². The zero-order valence-corrected chi connectivity index (χ0v) is 9.95. The highest BCUT2D eigenvalue weighted by Crippen LogP contribution is 2.25. The van der Waals surface area contributed by atoms with Crippen molar-refractivity contribution >= 4 is 0 Å². The minimum absolute atomic E-state index is 0.0157. The predicted molar refractivity (Wildman–Crippen MR) is 61.4 cm³/mol. The highest BCUT2D eigenvalue weighted by Gasteiger charge is 2.24. The highest BCUT2D eigenvalue weighted by atomic mass is 16.3. The van der Waals surface area contributed by atoms with Gasteiger partial charge in [0.25, 0.3) is 0 Å². The Labute approximate surface area is 92.9 Å². The van der Waals surface area contributed by atoms with Crippen molar-refractivity contribution in [2.24, 2.45) is 11.8 Å². The maximum Gasteiger partial charge on any atom is 0.108 e. The molecule has 0 spiro atoms. The second-order valence-corrected chi connectivity index (χ2v) is 5.04. The molecule has 0 saturated heterocycles. The van der Waals surface area contributed by atoms with Gasteiger partial charge in [-0.15, -0.1) is 0 Å². The van der Waals surface area contributed by atoms with Crippen LogP contribution in [0.3, 0.4) is 0 Å². The summed E-state index contributed by atoms with van der Waals surface area (Å²) in [6.07, 6.45) is 5.56. The minimum atomic E-state index is -0.440. The predicted octanol–water partition coefficient (Wildman–Crippen LogP) is 1.49. The number of aliphatic hydroxyl groups excluding tert-OH is 2. The summed E-state index contributed by atoms with van der Waals surface area (Å²) < 4.78 is 0. The van der Waals surface area contributed by atoms with Gasteiger partial charge in [-0.25, -0.2) is 0 Å². The van der Waals surface area contributed by atoms with Gasteiger partial charge in [-0.05, 0) is 24.7 Å². The minimum Gasteiger partial charge on any atom is -0.395 e. The number of hydrogen-bond acceptors (Lipinski definition) is 3. The van der Waals surface area contributed by atoms with E-state index in [1.807, 2.05) is 0 Å². The molecule has 1 aliphatic rings. The molecular formula is C12H25NO2. The van der Waals surface area contributed by atoms with E-state index < -0.39 is 6.23 Å². The van der Waals surface area contributed by atoms with Gasteiger partial charge >= 0.3 is 0 Å². The first-order valence-electron chi connectivity index (χ1n) is 6.20. The van der Waals surface area contributed by atoms with E-state index in [1.54, 1.807) is 0 Å². The highest BCUT2D eigenvalue weighted by molar-refractivity contribution is 4.77. The molecule has 3 heteroatoms. The first-order valence-corrected chi connectivity index (χ1v) is 6.20. The largest absolute Gasteiger partial charge is 0.395 e. The Balaban J connectivity index is 2.34. The third kappa shape index (κ3) is 4.09. The summed E-state index contributed by atoms with van der Waals surface area (Å²) in [5.41, 5.74) is 0. The number of aliphatic hydroxyl groups is 2. The van der Waals surface area contributed by atoms with Crippen molar-refractivity contribution in [1.82, 2.24) is 5.32 Å². The smallest absolute Gasteiger partial charge is 0.108 e. The summed E-state index contributed by atoms with van der Waals surface area (Å²) in [6.45, 7) is 4.21. The van der Waals surface area contributed by atoms with Gasteiger partial charge in [-0.3, -0.25) is 5.32 Å². The van der Waals surface area contributed by atoms with Crippen molar-refractivity contribution in [2.75, 3.05) is 6.61 Å². The van der Waals surface area contributed by atoms with Crippen molar-refractivity contribution in [3.63, 3.8) is 0 Å². The Kier molecular flexibility index (Phi) is 5.58. The van der Waals surface area contributed by atoms with Crippen LogP contribution in [0, 0.1) is 11.8 Å². The fourth-order valence-corrected chi connectivity index (χ4v) is 2.26. The van der Waals surface area contributed by atoms with E-state index in [0.717, 1.165) is 12.8 Å². The molecule has 2 atom stereocenters. The van der Waals surface area contributed by atoms with Crippen molar-refractivity contribution in [3.05, 3.63) is 0 Å². The van der Waals surface area contributed by atoms with Crippen molar-refractivity contribution in [2.45, 2.75) is 58.2 Å². The molecule has 1 saturated carbocycles. The number of rotatable bonds is 5. The van der Waals surface area contributed by atoms with Crippen LogP contribution in [0.4, 0.5) is 0 Å². The molecule has 90 valence electrons. The van der Waals surface area contributed by atoms with Gasteiger partial charge in [-0.1, -0.05) is 33.1 Å². The maximum atomic E-state index is 10.0. The topological polar surface area (TPSA) is 52.5 Å². The summed E-state index contributed by atoms with van der Waals surface area (Å²) in [4.78, 5) is 0. The van der Waals surface area contributed by atoms with Crippen LogP contribution in [0.1, 0.15) is 46.0 Å². The molecule has 3 nitrogen and oxygen atoms in total. The fourth-order valence-electron chi connectivity index (χ4n) is 2.26. The molecule has 15 heavy (non-hydrogen) atoms. The molecule has 0 aromatic carbocycles. The third-order valence-corrected chi connectivity index (χ3v) is 3.48. The van der Waals surface area contributed by atoms with Crippen molar-refractivity contribution in [1.29, 1.82) is 0 Å². The summed E-state index contributed by atoms with van der Waals surface area (Å²) in [6, 6.07) is 0.0157. The van der Waals surface area contributed by atoms with Crippen LogP contribution in [0.5, 0.6) is 0 Å². The molecule has 0 amide bonds. The van der Waals surface area contributed by atoms with Crippen molar-refractivity contribution in [3.8, 4) is 0 Å². The lowest BCUT2D eigenvalue weighted by Gasteiger charge is -2.31. The van der Waals surface area contributed by atoms with Gasteiger partial charge in [-0.2, -0.15) is 0 Å². The van der Waals surface area contributed by atoms with Crippen LogP contribution in [0.15, 0.2) is 0 Å². The van der Waals surface area contributed by atoms with E-state index in [4.69, 9.17) is 0 Å². The zero-order chi connectivity index (χ0) is 11.3. The summed E-state index contributed by atoms with van der Waals surface area (Å²) in [7, 11) is 0. The van der Waals surface area contributed by atoms with Gasteiger partial charge < -0.3 is 10.2 Å². The van der Waals surface area contributed by atoms with Crippen LogP contribution in [-0.4, -0.2) is 29.1 Å². The normalized spacial score (nSPS) is 23.0. The summed E-state index contributed by atoms with van der Waals surface area (Å²) >= 11 is 0. The van der Waals surface area contributed by atoms with Gasteiger partial charge in [0, 0.05) is 6.04 Å². The molecule has 1 aliphatic carbocycles. The Bertz CT molecular complexity index is 167.